The summed E-state index contributed by atoms with van der Waals surface area (Å²) in [5, 5.41) is 13.2. The molecule has 2 aromatic rings. The second-order valence-corrected chi connectivity index (χ2v) is 4.79. The Balaban J connectivity index is 2.13. The molecule has 112 valence electrons. The summed E-state index contributed by atoms with van der Waals surface area (Å²) < 4.78 is 32.2. The average molecular weight is 314 g/mol. The molecule has 2 aromatic carbocycles. The summed E-state index contributed by atoms with van der Waals surface area (Å²) in [7, 11) is 1.51. The maximum Gasteiger partial charge on any atom is 0.132 e. The lowest BCUT2D eigenvalue weighted by Crippen LogP contribution is -2.15. The first-order valence-corrected chi connectivity index (χ1v) is 6.60. The third kappa shape index (κ3) is 3.62. The van der Waals surface area contributed by atoms with E-state index in [0.717, 1.165) is 12.1 Å². The van der Waals surface area contributed by atoms with Crippen molar-refractivity contribution in [3.05, 3.63) is 58.6 Å². The molecule has 0 heterocycles. The Hall–Kier alpha value is -1.85. The number of hydrogen-bond acceptors (Lipinski definition) is 3. The van der Waals surface area contributed by atoms with Crippen LogP contribution in [-0.4, -0.2) is 18.8 Å². The van der Waals surface area contributed by atoms with E-state index >= 15 is 0 Å². The molecule has 21 heavy (non-hydrogen) atoms. The summed E-state index contributed by atoms with van der Waals surface area (Å²) in [4.78, 5) is 0. The topological polar surface area (TPSA) is 41.5 Å². The van der Waals surface area contributed by atoms with Gasteiger partial charge in [-0.2, -0.15) is 0 Å². The molecule has 0 saturated heterocycles. The van der Waals surface area contributed by atoms with Crippen molar-refractivity contribution < 1.29 is 18.6 Å². The number of nitrogens with one attached hydrogen (secondary N) is 1. The van der Waals surface area contributed by atoms with Crippen molar-refractivity contribution in [2.45, 2.75) is 6.10 Å². The highest BCUT2D eigenvalue weighted by atomic mass is 35.5. The fourth-order valence-electron chi connectivity index (χ4n) is 1.90. The number of halogens is 3. The van der Waals surface area contributed by atoms with Gasteiger partial charge in [-0.05, 0) is 24.3 Å². The number of hydrogen-bond donors (Lipinski definition) is 2. The van der Waals surface area contributed by atoms with Crippen LogP contribution in [0.3, 0.4) is 0 Å². The molecule has 3 nitrogen and oxygen atoms in total. The van der Waals surface area contributed by atoms with E-state index in [1.54, 1.807) is 18.2 Å². The minimum Gasteiger partial charge on any atom is -0.497 e. The highest BCUT2D eigenvalue weighted by Gasteiger charge is 2.17. The molecular weight excluding hydrogens is 300 g/mol. The molecule has 6 heteroatoms. The standard InChI is InChI=1S/C15H14ClF2NO2/c1-21-9-5-6-10(16)13(7-9)19-8-14(20)15-11(17)3-2-4-12(15)18/h2-7,14,19-20H,8H2,1H3. The minimum atomic E-state index is -1.34. The Bertz CT molecular complexity index is 617. The summed E-state index contributed by atoms with van der Waals surface area (Å²) in [6.07, 6.45) is -1.34. The first-order valence-electron chi connectivity index (χ1n) is 6.22. The van der Waals surface area contributed by atoms with E-state index in [0.29, 0.717) is 16.5 Å². The Morgan fingerprint density at radius 2 is 1.90 bits per heavy atom. The normalized spacial score (nSPS) is 12.0. The van der Waals surface area contributed by atoms with Crippen molar-refractivity contribution >= 4 is 17.3 Å². The van der Waals surface area contributed by atoms with Gasteiger partial charge in [0.05, 0.1) is 23.4 Å². The van der Waals surface area contributed by atoms with E-state index in [-0.39, 0.29) is 12.1 Å². The van der Waals surface area contributed by atoms with Crippen molar-refractivity contribution in [2.24, 2.45) is 0 Å². The second kappa shape index (κ2) is 6.74. The molecule has 0 aromatic heterocycles. The molecule has 0 spiro atoms. The average Bonchev–Trinajstić information content (AvgIpc) is 2.46. The molecule has 0 bridgehead atoms. The number of aliphatic hydroxyl groups excluding tert-OH is 1. The highest BCUT2D eigenvalue weighted by Crippen LogP contribution is 2.28. The molecule has 0 aliphatic rings. The number of anilines is 1. The van der Waals surface area contributed by atoms with E-state index in [2.05, 4.69) is 5.32 Å². The zero-order valence-electron chi connectivity index (χ0n) is 11.2. The molecular formula is C15H14ClF2NO2. The van der Waals surface area contributed by atoms with E-state index < -0.39 is 17.7 Å². The molecule has 0 amide bonds. The first-order chi connectivity index (χ1) is 10.0. The van der Waals surface area contributed by atoms with Gasteiger partial charge in [0.2, 0.25) is 0 Å². The largest absolute Gasteiger partial charge is 0.497 e. The molecule has 0 fully saturated rings. The van der Waals surface area contributed by atoms with Crippen LogP contribution in [0.25, 0.3) is 0 Å². The highest BCUT2D eigenvalue weighted by molar-refractivity contribution is 6.33. The molecule has 0 saturated carbocycles. The van der Waals surface area contributed by atoms with Gasteiger partial charge in [0, 0.05) is 12.6 Å². The third-order valence-electron chi connectivity index (χ3n) is 2.99. The molecule has 2 rings (SSSR count). The SMILES string of the molecule is COc1ccc(Cl)c(NCC(O)c2c(F)cccc2F)c1. The van der Waals surface area contributed by atoms with Gasteiger partial charge in [0.1, 0.15) is 23.5 Å². The van der Waals surface area contributed by atoms with Gasteiger partial charge in [-0.25, -0.2) is 8.78 Å². The van der Waals surface area contributed by atoms with E-state index in [1.807, 2.05) is 0 Å². The predicted octanol–water partition coefficient (Wildman–Crippen LogP) is 3.77. The molecule has 0 radical (unpaired) electrons. The van der Waals surface area contributed by atoms with Crippen LogP contribution >= 0.6 is 11.6 Å². The molecule has 1 unspecified atom stereocenters. The Kier molecular flexibility index (Phi) is 4.98. The second-order valence-electron chi connectivity index (χ2n) is 4.38. The van der Waals surface area contributed by atoms with E-state index in [9.17, 15) is 13.9 Å². The van der Waals surface area contributed by atoms with Gasteiger partial charge in [-0.1, -0.05) is 17.7 Å². The van der Waals surface area contributed by atoms with Crippen LogP contribution in [0.15, 0.2) is 36.4 Å². The predicted molar refractivity (Wildman–Crippen MR) is 77.8 cm³/mol. The van der Waals surface area contributed by atoms with Crippen LogP contribution in [0.4, 0.5) is 14.5 Å². The van der Waals surface area contributed by atoms with E-state index in [4.69, 9.17) is 16.3 Å². The monoisotopic (exact) mass is 313 g/mol. The van der Waals surface area contributed by atoms with Crippen molar-refractivity contribution in [3.8, 4) is 5.75 Å². The smallest absolute Gasteiger partial charge is 0.132 e. The van der Waals surface area contributed by atoms with Gasteiger partial charge in [0.15, 0.2) is 0 Å². The third-order valence-corrected chi connectivity index (χ3v) is 3.32. The number of methoxy groups -OCH3 is 1. The van der Waals surface area contributed by atoms with Crippen molar-refractivity contribution in [3.63, 3.8) is 0 Å². The number of benzene rings is 2. The minimum absolute atomic E-state index is 0.0925. The van der Waals surface area contributed by atoms with Crippen molar-refractivity contribution in [1.82, 2.24) is 0 Å². The quantitative estimate of drug-likeness (QED) is 0.883. The number of ether oxygens (including phenoxy) is 1. The molecule has 1 atom stereocenters. The zero-order valence-corrected chi connectivity index (χ0v) is 12.0. The van der Waals surface area contributed by atoms with Crippen molar-refractivity contribution in [1.29, 1.82) is 0 Å². The van der Waals surface area contributed by atoms with Crippen LogP contribution in [0.5, 0.6) is 5.75 Å². The molecule has 0 aliphatic carbocycles. The summed E-state index contributed by atoms with van der Waals surface area (Å²) >= 11 is 6.00. The lowest BCUT2D eigenvalue weighted by Gasteiger charge is -2.16. The Morgan fingerprint density at radius 3 is 2.52 bits per heavy atom. The summed E-state index contributed by atoms with van der Waals surface area (Å²) in [6, 6.07) is 8.37. The molecule has 0 aliphatic heterocycles. The fraction of sp³-hybridized carbons (Fsp3) is 0.200. The summed E-state index contributed by atoms with van der Waals surface area (Å²) in [5.74, 6) is -1.00. The van der Waals surface area contributed by atoms with Crippen molar-refractivity contribution in [2.75, 3.05) is 19.0 Å². The van der Waals surface area contributed by atoms with Crippen LogP contribution < -0.4 is 10.1 Å². The maximum atomic E-state index is 13.6. The lowest BCUT2D eigenvalue weighted by molar-refractivity contribution is 0.181. The van der Waals surface area contributed by atoms with Gasteiger partial charge < -0.3 is 15.2 Å². The van der Waals surface area contributed by atoms with Crippen LogP contribution in [-0.2, 0) is 0 Å². The number of aliphatic hydroxyl groups is 1. The van der Waals surface area contributed by atoms with Crippen LogP contribution in [0.1, 0.15) is 11.7 Å². The maximum absolute atomic E-state index is 13.6. The summed E-state index contributed by atoms with van der Waals surface area (Å²) in [5.41, 5.74) is 0.135. The van der Waals surface area contributed by atoms with Gasteiger partial charge >= 0.3 is 0 Å². The van der Waals surface area contributed by atoms with Crippen LogP contribution in [0, 0.1) is 11.6 Å². The van der Waals surface area contributed by atoms with Gasteiger partial charge in [-0.15, -0.1) is 0 Å². The van der Waals surface area contributed by atoms with Gasteiger partial charge in [0.25, 0.3) is 0 Å². The van der Waals surface area contributed by atoms with Crippen LogP contribution in [0.2, 0.25) is 5.02 Å². The first kappa shape index (κ1) is 15.5. The fourth-order valence-corrected chi connectivity index (χ4v) is 2.09. The Morgan fingerprint density at radius 1 is 1.24 bits per heavy atom. The zero-order chi connectivity index (χ0) is 15.4. The van der Waals surface area contributed by atoms with Gasteiger partial charge in [-0.3, -0.25) is 0 Å². The summed E-state index contributed by atoms with van der Waals surface area (Å²) in [6.45, 7) is -0.0925. The van der Waals surface area contributed by atoms with E-state index in [1.165, 1.54) is 13.2 Å². The molecule has 2 N–H and O–H groups in total. The lowest BCUT2D eigenvalue weighted by atomic mass is 10.1. The Labute approximate surface area is 126 Å². The number of rotatable bonds is 5.